The van der Waals surface area contributed by atoms with Crippen molar-refractivity contribution in [2.24, 2.45) is 0 Å². The van der Waals surface area contributed by atoms with E-state index in [1.807, 2.05) is 0 Å². The number of hydrogen-bond acceptors (Lipinski definition) is 4. The lowest BCUT2D eigenvalue weighted by molar-refractivity contribution is 0.0504. The first-order chi connectivity index (χ1) is 6.70. The number of methoxy groups -OCH3 is 1. The SMILES string of the molecule is COCOc1ccc(C=O)c(O)c1C. The minimum Gasteiger partial charge on any atom is -0.507 e. The average Bonchev–Trinajstić information content (AvgIpc) is 2.20. The fraction of sp³-hybridized carbons (Fsp3) is 0.300. The second-order valence-corrected chi connectivity index (χ2v) is 2.80. The minimum atomic E-state index is -0.0476. The molecule has 0 heterocycles. The Hall–Kier alpha value is -1.55. The van der Waals surface area contributed by atoms with Gasteiger partial charge in [-0.1, -0.05) is 0 Å². The van der Waals surface area contributed by atoms with Gasteiger partial charge >= 0.3 is 0 Å². The molecule has 0 aromatic heterocycles. The van der Waals surface area contributed by atoms with Crippen LogP contribution in [0.25, 0.3) is 0 Å². The molecule has 0 amide bonds. The van der Waals surface area contributed by atoms with Gasteiger partial charge < -0.3 is 14.6 Å². The molecule has 0 aliphatic rings. The highest BCUT2D eigenvalue weighted by Gasteiger charge is 2.08. The van der Waals surface area contributed by atoms with Crippen molar-refractivity contribution >= 4 is 6.29 Å². The van der Waals surface area contributed by atoms with E-state index < -0.39 is 0 Å². The van der Waals surface area contributed by atoms with Gasteiger partial charge in [0.1, 0.15) is 11.5 Å². The number of phenolic OH excluding ortho intramolecular Hbond substituents is 1. The molecule has 1 N–H and O–H groups in total. The van der Waals surface area contributed by atoms with Crippen LogP contribution in [-0.2, 0) is 4.74 Å². The molecule has 0 saturated heterocycles. The summed E-state index contributed by atoms with van der Waals surface area (Å²) in [6.45, 7) is 1.79. The van der Waals surface area contributed by atoms with E-state index in [1.54, 1.807) is 13.0 Å². The summed E-state index contributed by atoms with van der Waals surface area (Å²) in [6.07, 6.45) is 0.600. The molecule has 0 radical (unpaired) electrons. The zero-order valence-electron chi connectivity index (χ0n) is 8.11. The lowest BCUT2D eigenvalue weighted by atomic mass is 10.1. The van der Waals surface area contributed by atoms with Crippen LogP contribution in [0.15, 0.2) is 12.1 Å². The van der Waals surface area contributed by atoms with Crippen LogP contribution in [0.3, 0.4) is 0 Å². The van der Waals surface area contributed by atoms with Crippen molar-refractivity contribution in [3.8, 4) is 11.5 Å². The zero-order chi connectivity index (χ0) is 10.6. The van der Waals surface area contributed by atoms with Crippen molar-refractivity contribution in [2.45, 2.75) is 6.92 Å². The summed E-state index contributed by atoms with van der Waals surface area (Å²) >= 11 is 0. The number of carbonyl (C=O) groups excluding carboxylic acids is 1. The molecule has 0 fully saturated rings. The van der Waals surface area contributed by atoms with E-state index in [0.29, 0.717) is 17.6 Å². The molecule has 0 aliphatic carbocycles. The predicted octanol–water partition coefficient (Wildman–Crippen LogP) is 1.50. The smallest absolute Gasteiger partial charge is 0.188 e. The van der Waals surface area contributed by atoms with E-state index in [4.69, 9.17) is 9.47 Å². The summed E-state index contributed by atoms with van der Waals surface area (Å²) in [5, 5.41) is 9.53. The number of benzene rings is 1. The van der Waals surface area contributed by atoms with Crippen LogP contribution in [0, 0.1) is 6.92 Å². The molecule has 0 saturated carbocycles. The van der Waals surface area contributed by atoms with Gasteiger partial charge in [-0.2, -0.15) is 0 Å². The standard InChI is InChI=1S/C10H12O4/c1-7-9(14-6-13-2)4-3-8(5-11)10(7)12/h3-5,12H,6H2,1-2H3. The predicted molar refractivity (Wildman–Crippen MR) is 50.7 cm³/mol. The van der Waals surface area contributed by atoms with Crippen LogP contribution in [0.4, 0.5) is 0 Å². The minimum absolute atomic E-state index is 0.0476. The number of rotatable bonds is 4. The van der Waals surface area contributed by atoms with E-state index in [-0.39, 0.29) is 18.1 Å². The molecule has 0 bridgehead atoms. The molecule has 1 aromatic rings. The van der Waals surface area contributed by atoms with E-state index in [2.05, 4.69) is 0 Å². The lowest BCUT2D eigenvalue weighted by Gasteiger charge is -2.09. The summed E-state index contributed by atoms with van der Waals surface area (Å²) in [6, 6.07) is 3.12. The Morgan fingerprint density at radius 3 is 2.79 bits per heavy atom. The molecular formula is C10H12O4. The van der Waals surface area contributed by atoms with Crippen LogP contribution in [0.1, 0.15) is 15.9 Å². The van der Waals surface area contributed by atoms with Crippen molar-refractivity contribution in [2.75, 3.05) is 13.9 Å². The average molecular weight is 196 g/mol. The molecule has 0 spiro atoms. The van der Waals surface area contributed by atoms with Gasteiger partial charge in [-0.05, 0) is 19.1 Å². The number of aromatic hydroxyl groups is 1. The molecular weight excluding hydrogens is 184 g/mol. The third kappa shape index (κ3) is 2.03. The zero-order valence-corrected chi connectivity index (χ0v) is 8.11. The van der Waals surface area contributed by atoms with Gasteiger partial charge in [0.05, 0.1) is 5.56 Å². The fourth-order valence-electron chi connectivity index (χ4n) is 1.08. The van der Waals surface area contributed by atoms with E-state index in [0.717, 1.165) is 0 Å². The maximum Gasteiger partial charge on any atom is 0.188 e. The summed E-state index contributed by atoms with van der Waals surface area (Å²) in [7, 11) is 1.51. The van der Waals surface area contributed by atoms with Gasteiger partial charge in [0.2, 0.25) is 0 Å². The Morgan fingerprint density at radius 1 is 1.50 bits per heavy atom. The molecule has 0 aliphatic heterocycles. The van der Waals surface area contributed by atoms with Crippen LogP contribution in [0.5, 0.6) is 11.5 Å². The molecule has 14 heavy (non-hydrogen) atoms. The second-order valence-electron chi connectivity index (χ2n) is 2.80. The molecule has 4 nitrogen and oxygen atoms in total. The highest BCUT2D eigenvalue weighted by Crippen LogP contribution is 2.29. The number of hydrogen-bond donors (Lipinski definition) is 1. The van der Waals surface area contributed by atoms with Crippen molar-refractivity contribution in [1.82, 2.24) is 0 Å². The molecule has 0 atom stereocenters. The molecule has 1 rings (SSSR count). The number of ether oxygens (including phenoxy) is 2. The Balaban J connectivity index is 2.98. The number of phenols is 1. The Labute approximate surface area is 82.1 Å². The maximum atomic E-state index is 10.5. The lowest BCUT2D eigenvalue weighted by Crippen LogP contribution is -2.01. The third-order valence-electron chi connectivity index (χ3n) is 1.87. The first-order valence-corrected chi connectivity index (χ1v) is 4.10. The monoisotopic (exact) mass is 196 g/mol. The van der Waals surface area contributed by atoms with Crippen LogP contribution >= 0.6 is 0 Å². The van der Waals surface area contributed by atoms with Gasteiger partial charge in [0, 0.05) is 12.7 Å². The second kappa shape index (κ2) is 4.62. The van der Waals surface area contributed by atoms with Gasteiger partial charge in [0.25, 0.3) is 0 Å². The van der Waals surface area contributed by atoms with Gasteiger partial charge in [-0.25, -0.2) is 0 Å². The Bertz CT molecular complexity index is 333. The van der Waals surface area contributed by atoms with Crippen molar-refractivity contribution in [3.63, 3.8) is 0 Å². The van der Waals surface area contributed by atoms with E-state index >= 15 is 0 Å². The summed E-state index contributed by atoms with van der Waals surface area (Å²) < 4.78 is 9.89. The van der Waals surface area contributed by atoms with Gasteiger partial charge in [-0.15, -0.1) is 0 Å². The van der Waals surface area contributed by atoms with Gasteiger partial charge in [0.15, 0.2) is 13.1 Å². The molecule has 76 valence electrons. The first-order valence-electron chi connectivity index (χ1n) is 4.10. The third-order valence-corrected chi connectivity index (χ3v) is 1.87. The van der Waals surface area contributed by atoms with Gasteiger partial charge in [-0.3, -0.25) is 4.79 Å². The van der Waals surface area contributed by atoms with Crippen molar-refractivity contribution in [1.29, 1.82) is 0 Å². The highest BCUT2D eigenvalue weighted by atomic mass is 16.7. The number of carbonyl (C=O) groups is 1. The molecule has 0 unspecified atom stereocenters. The first kappa shape index (κ1) is 10.5. The molecule has 4 heteroatoms. The Kier molecular flexibility index (Phi) is 3.48. The van der Waals surface area contributed by atoms with E-state index in [1.165, 1.54) is 13.2 Å². The van der Waals surface area contributed by atoms with Crippen LogP contribution in [-0.4, -0.2) is 25.3 Å². The van der Waals surface area contributed by atoms with Crippen molar-refractivity contribution < 1.29 is 19.4 Å². The quantitative estimate of drug-likeness (QED) is 0.585. The van der Waals surface area contributed by atoms with E-state index in [9.17, 15) is 9.90 Å². The van der Waals surface area contributed by atoms with Crippen LogP contribution in [0.2, 0.25) is 0 Å². The summed E-state index contributed by atoms with van der Waals surface area (Å²) in [5.41, 5.74) is 0.791. The number of aldehydes is 1. The Morgan fingerprint density at radius 2 is 2.21 bits per heavy atom. The fourth-order valence-corrected chi connectivity index (χ4v) is 1.08. The topological polar surface area (TPSA) is 55.8 Å². The highest BCUT2D eigenvalue weighted by molar-refractivity contribution is 5.80. The summed E-state index contributed by atoms with van der Waals surface area (Å²) in [5.74, 6) is 0.462. The normalized spacial score (nSPS) is 9.86. The summed E-state index contributed by atoms with van der Waals surface area (Å²) in [4.78, 5) is 10.5. The van der Waals surface area contributed by atoms with Crippen molar-refractivity contribution in [3.05, 3.63) is 23.3 Å². The largest absolute Gasteiger partial charge is 0.507 e. The maximum absolute atomic E-state index is 10.5. The van der Waals surface area contributed by atoms with Crippen LogP contribution < -0.4 is 4.74 Å². The molecule has 1 aromatic carbocycles.